The van der Waals surface area contributed by atoms with Crippen molar-refractivity contribution in [1.82, 2.24) is 15.2 Å². The molecule has 1 saturated carbocycles. The zero-order valence-electron chi connectivity index (χ0n) is 14.5. The highest BCUT2D eigenvalue weighted by molar-refractivity contribution is 5.85. The van der Waals surface area contributed by atoms with Crippen molar-refractivity contribution in [2.45, 2.75) is 39.2 Å². The first-order chi connectivity index (χ1) is 11.8. The van der Waals surface area contributed by atoms with Crippen molar-refractivity contribution in [3.05, 3.63) is 42.2 Å². The number of guanidine groups is 1. The molecule has 1 N–H and O–H groups in total. The molecule has 0 atom stereocenters. The number of benzene rings is 1. The van der Waals surface area contributed by atoms with Crippen LogP contribution in [0, 0.1) is 5.41 Å². The van der Waals surface area contributed by atoms with Gasteiger partial charge < -0.3 is 10.2 Å². The first kappa shape index (κ1) is 15.4. The van der Waals surface area contributed by atoms with E-state index in [1.807, 2.05) is 6.20 Å². The molecule has 2 aromatic rings. The van der Waals surface area contributed by atoms with Crippen LogP contribution in [0.1, 0.15) is 38.3 Å². The molecule has 1 spiro atoms. The fourth-order valence-corrected chi connectivity index (χ4v) is 4.08. The van der Waals surface area contributed by atoms with Gasteiger partial charge in [0.15, 0.2) is 5.96 Å². The molecule has 1 aliphatic carbocycles. The van der Waals surface area contributed by atoms with Gasteiger partial charge in [-0.1, -0.05) is 30.7 Å². The van der Waals surface area contributed by atoms with Gasteiger partial charge in [0.25, 0.3) is 0 Å². The standard InChI is InChI=1S/C20H26N4/c1-2-21-19(24-13-11-20(15-24)9-5-10-20)23-14-18-17-7-4-3-6-16(17)8-12-22-18/h3-4,6-8,12H,2,5,9-11,13-15H2,1H3,(H,21,23). The summed E-state index contributed by atoms with van der Waals surface area (Å²) in [5, 5.41) is 5.92. The van der Waals surface area contributed by atoms with Crippen LogP contribution in [0.25, 0.3) is 10.8 Å². The third kappa shape index (κ3) is 2.85. The van der Waals surface area contributed by atoms with Gasteiger partial charge in [-0.25, -0.2) is 4.99 Å². The summed E-state index contributed by atoms with van der Waals surface area (Å²) in [6, 6.07) is 10.5. The SMILES string of the molecule is CCNC(=NCc1nccc2ccccc12)N1CCC2(CCC2)C1. The van der Waals surface area contributed by atoms with Gasteiger partial charge in [0.1, 0.15) is 0 Å². The Morgan fingerprint density at radius 3 is 2.88 bits per heavy atom. The molecule has 1 aliphatic heterocycles. The number of aromatic nitrogens is 1. The summed E-state index contributed by atoms with van der Waals surface area (Å²) in [5.74, 6) is 1.05. The number of hydrogen-bond donors (Lipinski definition) is 1. The Morgan fingerprint density at radius 2 is 2.12 bits per heavy atom. The molecule has 0 bridgehead atoms. The first-order valence-corrected chi connectivity index (χ1v) is 9.16. The predicted octanol–water partition coefficient (Wildman–Crippen LogP) is 3.58. The van der Waals surface area contributed by atoms with E-state index in [1.165, 1.54) is 43.0 Å². The fourth-order valence-electron chi connectivity index (χ4n) is 4.08. The smallest absolute Gasteiger partial charge is 0.194 e. The molecule has 126 valence electrons. The van der Waals surface area contributed by atoms with Crippen molar-refractivity contribution in [2.75, 3.05) is 19.6 Å². The lowest BCUT2D eigenvalue weighted by Crippen LogP contribution is -2.42. The molecule has 2 heterocycles. The molecular formula is C20H26N4. The van der Waals surface area contributed by atoms with Gasteiger partial charge in [-0.3, -0.25) is 4.98 Å². The van der Waals surface area contributed by atoms with Crippen LogP contribution in [0.3, 0.4) is 0 Å². The van der Waals surface area contributed by atoms with Crippen molar-refractivity contribution in [3.63, 3.8) is 0 Å². The average molecular weight is 322 g/mol. The molecule has 2 fully saturated rings. The first-order valence-electron chi connectivity index (χ1n) is 9.16. The fraction of sp³-hybridized carbons (Fsp3) is 0.500. The molecule has 0 radical (unpaired) electrons. The number of likely N-dealkylation sites (tertiary alicyclic amines) is 1. The van der Waals surface area contributed by atoms with Gasteiger partial charge >= 0.3 is 0 Å². The second-order valence-corrected chi connectivity index (χ2v) is 7.17. The second-order valence-electron chi connectivity index (χ2n) is 7.17. The highest BCUT2D eigenvalue weighted by atomic mass is 15.3. The molecular weight excluding hydrogens is 296 g/mol. The van der Waals surface area contributed by atoms with E-state index in [4.69, 9.17) is 4.99 Å². The zero-order chi connectivity index (χ0) is 16.4. The minimum Gasteiger partial charge on any atom is -0.357 e. The highest BCUT2D eigenvalue weighted by Crippen LogP contribution is 2.47. The number of hydrogen-bond acceptors (Lipinski definition) is 2. The molecule has 24 heavy (non-hydrogen) atoms. The van der Waals surface area contributed by atoms with Crippen molar-refractivity contribution < 1.29 is 0 Å². The van der Waals surface area contributed by atoms with Crippen LogP contribution in [0.15, 0.2) is 41.5 Å². The maximum atomic E-state index is 4.91. The number of fused-ring (bicyclic) bond motifs is 1. The van der Waals surface area contributed by atoms with E-state index < -0.39 is 0 Å². The third-order valence-electron chi connectivity index (χ3n) is 5.62. The number of nitrogens with one attached hydrogen (secondary N) is 1. The summed E-state index contributed by atoms with van der Waals surface area (Å²) in [6.45, 7) is 5.98. The summed E-state index contributed by atoms with van der Waals surface area (Å²) >= 11 is 0. The molecule has 0 unspecified atom stereocenters. The summed E-state index contributed by atoms with van der Waals surface area (Å²) in [4.78, 5) is 11.9. The topological polar surface area (TPSA) is 40.5 Å². The van der Waals surface area contributed by atoms with Crippen molar-refractivity contribution >= 4 is 16.7 Å². The third-order valence-corrected chi connectivity index (χ3v) is 5.62. The van der Waals surface area contributed by atoms with Gasteiger partial charge in [0.05, 0.1) is 12.2 Å². The molecule has 0 amide bonds. The highest BCUT2D eigenvalue weighted by Gasteiger charge is 2.43. The number of nitrogens with zero attached hydrogens (tertiary/aromatic N) is 3. The summed E-state index contributed by atoms with van der Waals surface area (Å²) in [7, 11) is 0. The monoisotopic (exact) mass is 322 g/mol. The molecule has 1 aromatic carbocycles. The van der Waals surface area contributed by atoms with E-state index in [0.29, 0.717) is 12.0 Å². The van der Waals surface area contributed by atoms with Crippen LogP contribution in [-0.4, -0.2) is 35.5 Å². The predicted molar refractivity (Wildman–Crippen MR) is 99.0 cm³/mol. The second kappa shape index (κ2) is 6.42. The summed E-state index contributed by atoms with van der Waals surface area (Å²) < 4.78 is 0. The largest absolute Gasteiger partial charge is 0.357 e. The lowest BCUT2D eigenvalue weighted by Gasteiger charge is -2.38. The Kier molecular flexibility index (Phi) is 4.13. The molecule has 4 nitrogen and oxygen atoms in total. The summed E-state index contributed by atoms with van der Waals surface area (Å²) in [6.07, 6.45) is 7.41. The Hall–Kier alpha value is -2.10. The van der Waals surface area contributed by atoms with E-state index in [0.717, 1.165) is 24.7 Å². The van der Waals surface area contributed by atoms with Crippen LogP contribution < -0.4 is 5.32 Å². The quantitative estimate of drug-likeness (QED) is 0.693. The Balaban J connectivity index is 1.55. The average Bonchev–Trinajstić information content (AvgIpc) is 3.04. The molecule has 1 saturated heterocycles. The van der Waals surface area contributed by atoms with Crippen molar-refractivity contribution in [2.24, 2.45) is 10.4 Å². The van der Waals surface area contributed by atoms with Crippen LogP contribution >= 0.6 is 0 Å². The minimum atomic E-state index is 0.591. The number of rotatable bonds is 3. The summed E-state index contributed by atoms with van der Waals surface area (Å²) in [5.41, 5.74) is 1.65. The normalized spacial score (nSPS) is 19.7. The number of pyridine rings is 1. The lowest BCUT2D eigenvalue weighted by atomic mass is 9.68. The van der Waals surface area contributed by atoms with Gasteiger partial charge in [-0.15, -0.1) is 0 Å². The Morgan fingerprint density at radius 1 is 1.25 bits per heavy atom. The van der Waals surface area contributed by atoms with Gasteiger partial charge in [-0.05, 0) is 43.1 Å². The lowest BCUT2D eigenvalue weighted by molar-refractivity contribution is 0.151. The maximum Gasteiger partial charge on any atom is 0.194 e. The van der Waals surface area contributed by atoms with Crippen LogP contribution in [0.5, 0.6) is 0 Å². The maximum absolute atomic E-state index is 4.91. The Bertz CT molecular complexity index is 743. The molecule has 2 aliphatic rings. The minimum absolute atomic E-state index is 0.591. The van der Waals surface area contributed by atoms with E-state index in [1.54, 1.807) is 0 Å². The van der Waals surface area contributed by atoms with Crippen LogP contribution in [0.2, 0.25) is 0 Å². The van der Waals surface area contributed by atoms with E-state index >= 15 is 0 Å². The van der Waals surface area contributed by atoms with E-state index in [-0.39, 0.29) is 0 Å². The molecule has 4 heteroatoms. The molecule has 4 rings (SSSR count). The number of aliphatic imine (C=N–C) groups is 1. The van der Waals surface area contributed by atoms with Crippen LogP contribution in [-0.2, 0) is 6.54 Å². The Labute approximate surface area is 144 Å². The van der Waals surface area contributed by atoms with Crippen molar-refractivity contribution in [1.29, 1.82) is 0 Å². The van der Waals surface area contributed by atoms with E-state index in [2.05, 4.69) is 52.5 Å². The van der Waals surface area contributed by atoms with Crippen LogP contribution in [0.4, 0.5) is 0 Å². The van der Waals surface area contributed by atoms with Gasteiger partial charge in [0.2, 0.25) is 0 Å². The zero-order valence-corrected chi connectivity index (χ0v) is 14.5. The van der Waals surface area contributed by atoms with Crippen molar-refractivity contribution in [3.8, 4) is 0 Å². The molecule has 1 aromatic heterocycles. The van der Waals surface area contributed by atoms with E-state index in [9.17, 15) is 0 Å². The van der Waals surface area contributed by atoms with Gasteiger partial charge in [0, 0.05) is 31.2 Å². The van der Waals surface area contributed by atoms with Gasteiger partial charge in [-0.2, -0.15) is 0 Å².